The molecule has 3 N–H and O–H groups in total. The van der Waals surface area contributed by atoms with Gasteiger partial charge in [-0.1, -0.05) is 31.9 Å². The maximum Gasteiger partial charge on any atom is 0.222 e. The highest BCUT2D eigenvalue weighted by Gasteiger charge is 2.22. The third-order valence-electron chi connectivity index (χ3n) is 5.62. The molecule has 1 aromatic rings. The zero-order chi connectivity index (χ0) is 19.1. The lowest BCUT2D eigenvalue weighted by Crippen LogP contribution is -2.44. The second-order valence-electron chi connectivity index (χ2n) is 7.72. The fourth-order valence-corrected chi connectivity index (χ4v) is 3.93. The molecule has 0 radical (unpaired) electrons. The van der Waals surface area contributed by atoms with Gasteiger partial charge in [0.05, 0.1) is 5.69 Å². The maximum absolute atomic E-state index is 11.7. The number of aromatic hydroxyl groups is 1. The molecule has 148 valence electrons. The predicted molar refractivity (Wildman–Crippen MR) is 109 cm³/mol. The largest absolute Gasteiger partial charge is 0.506 e. The molecule has 1 heterocycles. The molecule has 0 aromatic heterocycles. The fraction of sp³-hybridized carbons (Fsp3) is 0.619. The Hall–Kier alpha value is -2.24. The molecule has 1 saturated carbocycles. The molecule has 3 rings (SSSR count). The first-order valence-electron chi connectivity index (χ1n) is 10.3. The summed E-state index contributed by atoms with van der Waals surface area (Å²) in [6, 6.07) is 7.61. The highest BCUT2D eigenvalue weighted by molar-refractivity contribution is 5.95. The first-order valence-corrected chi connectivity index (χ1v) is 10.3. The Morgan fingerprint density at radius 2 is 2.07 bits per heavy atom. The van der Waals surface area contributed by atoms with E-state index in [2.05, 4.69) is 17.6 Å². The number of likely N-dealkylation sites (tertiary alicyclic amines) is 1. The third-order valence-corrected chi connectivity index (χ3v) is 5.62. The van der Waals surface area contributed by atoms with E-state index >= 15 is 0 Å². The summed E-state index contributed by atoms with van der Waals surface area (Å²) >= 11 is 0. The summed E-state index contributed by atoms with van der Waals surface area (Å²) in [5.74, 6) is 1.80. The van der Waals surface area contributed by atoms with Crippen molar-refractivity contribution in [1.82, 2.24) is 10.2 Å². The van der Waals surface area contributed by atoms with E-state index < -0.39 is 0 Å². The van der Waals surface area contributed by atoms with Crippen molar-refractivity contribution in [3.8, 4) is 5.75 Å². The van der Waals surface area contributed by atoms with Gasteiger partial charge in [-0.2, -0.15) is 0 Å². The van der Waals surface area contributed by atoms with Gasteiger partial charge < -0.3 is 20.6 Å². The van der Waals surface area contributed by atoms with Crippen LogP contribution in [0.3, 0.4) is 0 Å². The second kappa shape index (κ2) is 9.62. The number of guanidine groups is 1. The minimum atomic E-state index is 0.214. The van der Waals surface area contributed by atoms with E-state index in [0.717, 1.165) is 32.4 Å². The van der Waals surface area contributed by atoms with Crippen molar-refractivity contribution in [3.63, 3.8) is 0 Å². The van der Waals surface area contributed by atoms with Gasteiger partial charge in [-0.15, -0.1) is 0 Å². The molecule has 0 bridgehead atoms. The first-order chi connectivity index (χ1) is 13.1. The molecule has 27 heavy (non-hydrogen) atoms. The molecule has 2 aliphatic rings. The van der Waals surface area contributed by atoms with Crippen LogP contribution in [0.1, 0.15) is 51.9 Å². The fourth-order valence-electron chi connectivity index (χ4n) is 3.93. The van der Waals surface area contributed by atoms with Gasteiger partial charge >= 0.3 is 0 Å². The SMILES string of the molecule is CC1CCCCC1NC(=NCCCN1CCCC1=O)Nc1ccccc1O. The van der Waals surface area contributed by atoms with Crippen molar-refractivity contribution in [2.75, 3.05) is 25.0 Å². The minimum Gasteiger partial charge on any atom is -0.506 e. The topological polar surface area (TPSA) is 77.0 Å². The van der Waals surface area contributed by atoms with Crippen LogP contribution < -0.4 is 10.6 Å². The number of carbonyl (C=O) groups excluding carboxylic acids is 1. The van der Waals surface area contributed by atoms with Crippen molar-refractivity contribution in [2.45, 2.75) is 57.9 Å². The zero-order valence-electron chi connectivity index (χ0n) is 16.3. The van der Waals surface area contributed by atoms with Crippen molar-refractivity contribution in [1.29, 1.82) is 0 Å². The molecule has 1 aromatic carbocycles. The average molecular weight is 373 g/mol. The van der Waals surface area contributed by atoms with Gasteiger partial charge in [0.2, 0.25) is 5.91 Å². The molecule has 2 atom stereocenters. The number of aliphatic imine (C=N–C) groups is 1. The Labute approximate surface area is 162 Å². The average Bonchev–Trinajstić information content (AvgIpc) is 3.07. The van der Waals surface area contributed by atoms with E-state index in [4.69, 9.17) is 4.99 Å². The highest BCUT2D eigenvalue weighted by Crippen LogP contribution is 2.25. The van der Waals surface area contributed by atoms with Gasteiger partial charge in [0.1, 0.15) is 5.75 Å². The molecule has 1 saturated heterocycles. The Kier molecular flexibility index (Phi) is 6.96. The van der Waals surface area contributed by atoms with E-state index in [0.29, 0.717) is 36.6 Å². The third kappa shape index (κ3) is 5.62. The summed E-state index contributed by atoms with van der Waals surface area (Å²) in [7, 11) is 0. The van der Waals surface area contributed by atoms with E-state index in [1.165, 1.54) is 19.3 Å². The van der Waals surface area contributed by atoms with Crippen LogP contribution in [0.4, 0.5) is 5.69 Å². The Bertz CT molecular complexity index is 661. The number of phenolic OH excluding ortho intramolecular Hbond substituents is 1. The number of amides is 1. The number of carbonyl (C=O) groups is 1. The number of nitrogens with zero attached hydrogens (tertiary/aromatic N) is 2. The maximum atomic E-state index is 11.7. The van der Waals surface area contributed by atoms with E-state index in [9.17, 15) is 9.90 Å². The molecular formula is C21H32N4O2. The van der Waals surface area contributed by atoms with Gasteiger partial charge in [-0.3, -0.25) is 9.79 Å². The lowest BCUT2D eigenvalue weighted by molar-refractivity contribution is -0.127. The van der Waals surface area contributed by atoms with Crippen LogP contribution >= 0.6 is 0 Å². The smallest absolute Gasteiger partial charge is 0.222 e. The molecule has 1 amide bonds. The van der Waals surface area contributed by atoms with Gasteiger partial charge in [0.15, 0.2) is 5.96 Å². The molecule has 1 aliphatic carbocycles. The van der Waals surface area contributed by atoms with E-state index in [1.807, 2.05) is 17.0 Å². The Balaban J connectivity index is 1.60. The van der Waals surface area contributed by atoms with Crippen LogP contribution in [0, 0.1) is 5.92 Å². The summed E-state index contributed by atoms with van der Waals surface area (Å²) in [5, 5.41) is 16.9. The lowest BCUT2D eigenvalue weighted by atomic mass is 9.86. The number of nitrogens with one attached hydrogen (secondary N) is 2. The quantitative estimate of drug-likeness (QED) is 0.310. The summed E-state index contributed by atoms with van der Waals surface area (Å²) < 4.78 is 0. The van der Waals surface area contributed by atoms with Crippen LogP contribution in [0.2, 0.25) is 0 Å². The molecule has 2 fully saturated rings. The summed E-state index contributed by atoms with van der Waals surface area (Å²) in [6.07, 6.45) is 7.42. The molecule has 1 aliphatic heterocycles. The van der Waals surface area contributed by atoms with Crippen molar-refractivity contribution in [2.24, 2.45) is 10.9 Å². The number of phenols is 1. The number of para-hydroxylation sites is 2. The van der Waals surface area contributed by atoms with Crippen molar-refractivity contribution >= 4 is 17.6 Å². The second-order valence-corrected chi connectivity index (χ2v) is 7.72. The first kappa shape index (κ1) is 19.5. The van der Waals surface area contributed by atoms with Crippen molar-refractivity contribution in [3.05, 3.63) is 24.3 Å². The number of benzene rings is 1. The number of anilines is 1. The highest BCUT2D eigenvalue weighted by atomic mass is 16.3. The van der Waals surface area contributed by atoms with Crippen molar-refractivity contribution < 1.29 is 9.90 Å². The van der Waals surface area contributed by atoms with Gasteiger partial charge in [0, 0.05) is 32.1 Å². The van der Waals surface area contributed by atoms with Crippen LogP contribution in [-0.4, -0.2) is 47.5 Å². The number of hydrogen-bond donors (Lipinski definition) is 3. The standard InChI is InChI=1S/C21H32N4O2/c1-16-8-2-3-9-17(16)23-21(24-18-10-4-5-11-19(18)26)22-13-7-15-25-14-6-12-20(25)27/h4-5,10-11,16-17,26H,2-3,6-9,12-15H2,1H3,(H2,22,23,24). The Morgan fingerprint density at radius 3 is 2.81 bits per heavy atom. The summed E-state index contributed by atoms with van der Waals surface area (Å²) in [5.41, 5.74) is 0.655. The van der Waals surface area contributed by atoms with Crippen LogP contribution in [0.25, 0.3) is 0 Å². The monoisotopic (exact) mass is 372 g/mol. The molecule has 0 spiro atoms. The Morgan fingerprint density at radius 1 is 1.26 bits per heavy atom. The summed E-state index contributed by atoms with van der Waals surface area (Å²) in [4.78, 5) is 18.4. The van der Waals surface area contributed by atoms with Crippen LogP contribution in [0.5, 0.6) is 5.75 Å². The minimum absolute atomic E-state index is 0.214. The normalized spacial score (nSPS) is 23.5. The molecule has 6 heteroatoms. The number of rotatable bonds is 6. The summed E-state index contributed by atoms with van der Waals surface area (Å²) in [6.45, 7) is 4.58. The predicted octanol–water partition coefficient (Wildman–Crippen LogP) is 3.34. The van der Waals surface area contributed by atoms with E-state index in [1.54, 1.807) is 12.1 Å². The van der Waals surface area contributed by atoms with Gasteiger partial charge in [0.25, 0.3) is 0 Å². The number of hydrogen-bond acceptors (Lipinski definition) is 3. The molecule has 6 nitrogen and oxygen atoms in total. The lowest BCUT2D eigenvalue weighted by Gasteiger charge is -2.31. The molecule has 2 unspecified atom stereocenters. The van der Waals surface area contributed by atoms with Gasteiger partial charge in [-0.25, -0.2) is 0 Å². The van der Waals surface area contributed by atoms with Crippen LogP contribution in [-0.2, 0) is 4.79 Å². The molecular weight excluding hydrogens is 340 g/mol. The van der Waals surface area contributed by atoms with Crippen LogP contribution in [0.15, 0.2) is 29.3 Å². The zero-order valence-corrected chi connectivity index (χ0v) is 16.3. The van der Waals surface area contributed by atoms with E-state index in [-0.39, 0.29) is 11.7 Å². The van der Waals surface area contributed by atoms with Gasteiger partial charge in [-0.05, 0) is 43.7 Å².